The van der Waals surface area contributed by atoms with Gasteiger partial charge >= 0.3 is 0 Å². The second kappa shape index (κ2) is 7.61. The molecule has 3 heterocycles. The van der Waals surface area contributed by atoms with Crippen molar-refractivity contribution in [2.24, 2.45) is 0 Å². The standard InChI is InChI=1S/C18H22N6O2S/c1-3-26-13-4-5-15-14(10-13)18(22-21-15)16-11-17(20-12-19-16)23-6-8-24(9-7-23)27(2)25/h4-5,10-12H,3,6-9H2,1-2H3,(H,21,22). The van der Waals surface area contributed by atoms with E-state index in [1.54, 1.807) is 12.6 Å². The molecule has 1 atom stereocenters. The Morgan fingerprint density at radius 1 is 1.19 bits per heavy atom. The molecule has 4 rings (SSSR count). The number of hydrogen-bond donors (Lipinski definition) is 1. The Morgan fingerprint density at radius 3 is 2.74 bits per heavy atom. The summed E-state index contributed by atoms with van der Waals surface area (Å²) in [6, 6.07) is 7.83. The third kappa shape index (κ3) is 3.65. The van der Waals surface area contributed by atoms with Crippen LogP contribution in [-0.2, 0) is 11.0 Å². The highest BCUT2D eigenvalue weighted by atomic mass is 32.2. The summed E-state index contributed by atoms with van der Waals surface area (Å²) in [4.78, 5) is 11.0. The first-order chi connectivity index (χ1) is 13.2. The van der Waals surface area contributed by atoms with Crippen LogP contribution in [0.3, 0.4) is 0 Å². The van der Waals surface area contributed by atoms with Gasteiger partial charge in [0.1, 0.15) is 23.6 Å². The fourth-order valence-electron chi connectivity index (χ4n) is 3.27. The number of fused-ring (bicyclic) bond motifs is 1. The van der Waals surface area contributed by atoms with Gasteiger partial charge in [-0.2, -0.15) is 5.10 Å². The second-order valence-corrected chi connectivity index (χ2v) is 7.68. The third-order valence-corrected chi connectivity index (χ3v) is 5.76. The maximum atomic E-state index is 11.6. The molecule has 0 bridgehead atoms. The minimum absolute atomic E-state index is 0.616. The number of aromatic nitrogens is 4. The summed E-state index contributed by atoms with van der Waals surface area (Å²) in [5.41, 5.74) is 2.48. The van der Waals surface area contributed by atoms with Gasteiger partial charge in [-0.3, -0.25) is 5.10 Å². The first-order valence-electron chi connectivity index (χ1n) is 8.92. The average molecular weight is 386 g/mol. The molecule has 142 valence electrons. The molecule has 1 N–H and O–H groups in total. The SMILES string of the molecule is CCOc1ccc2[nH]nc(-c3cc(N4CCN(S(C)=O)CC4)ncn3)c2c1. The molecule has 0 saturated carbocycles. The first kappa shape index (κ1) is 17.9. The van der Waals surface area contributed by atoms with Crippen molar-refractivity contribution < 1.29 is 8.95 Å². The molecule has 1 aliphatic rings. The molecule has 0 spiro atoms. The van der Waals surface area contributed by atoms with Crippen molar-refractivity contribution in [3.63, 3.8) is 0 Å². The van der Waals surface area contributed by atoms with E-state index in [1.807, 2.05) is 35.5 Å². The van der Waals surface area contributed by atoms with Crippen molar-refractivity contribution in [2.45, 2.75) is 6.92 Å². The van der Waals surface area contributed by atoms with Gasteiger partial charge in [0, 0.05) is 43.9 Å². The molecule has 2 aromatic heterocycles. The van der Waals surface area contributed by atoms with Gasteiger partial charge in [-0.15, -0.1) is 0 Å². The number of nitrogens with one attached hydrogen (secondary N) is 1. The molecule has 8 nitrogen and oxygen atoms in total. The lowest BCUT2D eigenvalue weighted by Crippen LogP contribution is -2.47. The van der Waals surface area contributed by atoms with Crippen LogP contribution in [0.25, 0.3) is 22.3 Å². The van der Waals surface area contributed by atoms with E-state index < -0.39 is 11.0 Å². The Balaban J connectivity index is 1.62. The van der Waals surface area contributed by atoms with Crippen LogP contribution in [0.1, 0.15) is 6.92 Å². The molecule has 1 aliphatic heterocycles. The molecule has 0 aliphatic carbocycles. The van der Waals surface area contributed by atoms with E-state index in [1.165, 1.54) is 0 Å². The second-order valence-electron chi connectivity index (χ2n) is 6.31. The van der Waals surface area contributed by atoms with Crippen LogP contribution in [0.2, 0.25) is 0 Å². The quantitative estimate of drug-likeness (QED) is 0.720. The van der Waals surface area contributed by atoms with Gasteiger partial charge in [0.2, 0.25) is 0 Å². The molecule has 1 aromatic carbocycles. The maximum Gasteiger partial charge on any atom is 0.132 e. The number of hydrogen-bond acceptors (Lipinski definition) is 6. The summed E-state index contributed by atoms with van der Waals surface area (Å²) < 4.78 is 19.2. The van der Waals surface area contributed by atoms with Crippen molar-refractivity contribution in [3.8, 4) is 17.1 Å². The fraction of sp³-hybridized carbons (Fsp3) is 0.389. The Kier molecular flexibility index (Phi) is 5.04. The van der Waals surface area contributed by atoms with Crippen molar-refractivity contribution in [1.82, 2.24) is 24.5 Å². The summed E-state index contributed by atoms with van der Waals surface area (Å²) in [5, 5.41) is 8.47. The Labute approximate surface area is 160 Å². The Hall–Kier alpha value is -2.52. The van der Waals surface area contributed by atoms with E-state index in [9.17, 15) is 4.21 Å². The predicted octanol–water partition coefficient (Wildman–Crippen LogP) is 1.83. The van der Waals surface area contributed by atoms with Crippen LogP contribution >= 0.6 is 0 Å². The number of nitrogens with zero attached hydrogens (tertiary/aromatic N) is 5. The van der Waals surface area contributed by atoms with Crippen LogP contribution in [0.4, 0.5) is 5.82 Å². The first-order valence-corrected chi connectivity index (χ1v) is 10.4. The molecular formula is C18H22N6O2S. The summed E-state index contributed by atoms with van der Waals surface area (Å²) in [6.07, 6.45) is 3.29. The fourth-order valence-corrected chi connectivity index (χ4v) is 3.95. The van der Waals surface area contributed by atoms with E-state index in [0.717, 1.165) is 60.0 Å². The number of aromatic amines is 1. The molecule has 1 saturated heterocycles. The molecular weight excluding hydrogens is 364 g/mol. The normalized spacial score (nSPS) is 16.6. The minimum atomic E-state index is -0.924. The largest absolute Gasteiger partial charge is 0.494 e. The number of piperazine rings is 1. The van der Waals surface area contributed by atoms with Crippen molar-refractivity contribution in [3.05, 3.63) is 30.6 Å². The zero-order chi connectivity index (χ0) is 18.8. The monoisotopic (exact) mass is 386 g/mol. The number of benzene rings is 1. The van der Waals surface area contributed by atoms with E-state index in [2.05, 4.69) is 25.1 Å². The van der Waals surface area contributed by atoms with Gasteiger partial charge in [0.05, 0.1) is 28.8 Å². The van der Waals surface area contributed by atoms with Gasteiger partial charge in [-0.25, -0.2) is 18.5 Å². The molecule has 27 heavy (non-hydrogen) atoms. The number of anilines is 1. The van der Waals surface area contributed by atoms with Gasteiger partial charge in [-0.05, 0) is 25.1 Å². The van der Waals surface area contributed by atoms with Crippen molar-refractivity contribution in [1.29, 1.82) is 0 Å². The summed E-state index contributed by atoms with van der Waals surface area (Å²) in [6.45, 7) is 5.66. The van der Waals surface area contributed by atoms with E-state index in [-0.39, 0.29) is 0 Å². The lowest BCUT2D eigenvalue weighted by atomic mass is 10.1. The molecule has 0 radical (unpaired) electrons. The zero-order valence-corrected chi connectivity index (χ0v) is 16.2. The lowest BCUT2D eigenvalue weighted by Gasteiger charge is -2.33. The highest BCUT2D eigenvalue weighted by Gasteiger charge is 2.21. The average Bonchev–Trinajstić information content (AvgIpc) is 3.12. The zero-order valence-electron chi connectivity index (χ0n) is 15.4. The Morgan fingerprint density at radius 2 is 2.00 bits per heavy atom. The molecule has 3 aromatic rings. The van der Waals surface area contributed by atoms with Gasteiger partial charge in [0.25, 0.3) is 0 Å². The molecule has 9 heteroatoms. The molecule has 0 amide bonds. The van der Waals surface area contributed by atoms with E-state index in [0.29, 0.717) is 6.61 Å². The Bertz CT molecular complexity index is 967. The molecule has 1 fully saturated rings. The summed E-state index contributed by atoms with van der Waals surface area (Å²) in [5.74, 6) is 1.67. The number of H-pyrrole nitrogens is 1. The van der Waals surface area contributed by atoms with Gasteiger partial charge in [-0.1, -0.05) is 0 Å². The number of ether oxygens (including phenoxy) is 1. The summed E-state index contributed by atoms with van der Waals surface area (Å²) in [7, 11) is -0.924. The number of rotatable bonds is 5. The van der Waals surface area contributed by atoms with Crippen LogP contribution in [-0.4, -0.2) is 67.7 Å². The van der Waals surface area contributed by atoms with Crippen LogP contribution in [0, 0.1) is 0 Å². The van der Waals surface area contributed by atoms with Crippen molar-refractivity contribution in [2.75, 3.05) is 43.9 Å². The van der Waals surface area contributed by atoms with Crippen LogP contribution in [0.15, 0.2) is 30.6 Å². The maximum absolute atomic E-state index is 11.6. The smallest absolute Gasteiger partial charge is 0.132 e. The lowest BCUT2D eigenvalue weighted by molar-refractivity contribution is 0.341. The van der Waals surface area contributed by atoms with E-state index in [4.69, 9.17) is 4.74 Å². The van der Waals surface area contributed by atoms with Crippen molar-refractivity contribution >= 4 is 27.7 Å². The minimum Gasteiger partial charge on any atom is -0.494 e. The highest BCUT2D eigenvalue weighted by Crippen LogP contribution is 2.29. The van der Waals surface area contributed by atoms with Crippen LogP contribution in [0.5, 0.6) is 5.75 Å². The van der Waals surface area contributed by atoms with Gasteiger partial charge < -0.3 is 9.64 Å². The van der Waals surface area contributed by atoms with Crippen LogP contribution < -0.4 is 9.64 Å². The summed E-state index contributed by atoms with van der Waals surface area (Å²) >= 11 is 0. The van der Waals surface area contributed by atoms with E-state index >= 15 is 0 Å². The van der Waals surface area contributed by atoms with Gasteiger partial charge in [0.15, 0.2) is 0 Å². The predicted molar refractivity (Wildman–Crippen MR) is 106 cm³/mol. The topological polar surface area (TPSA) is 87.2 Å². The third-order valence-electron chi connectivity index (χ3n) is 4.67. The molecule has 1 unspecified atom stereocenters. The highest BCUT2D eigenvalue weighted by molar-refractivity contribution is 7.81.